The number of ether oxygens (including phenoxy) is 1. The Morgan fingerprint density at radius 2 is 1.70 bits per heavy atom. The van der Waals surface area contributed by atoms with Crippen LogP contribution in [0.25, 0.3) is 22.5 Å². The van der Waals surface area contributed by atoms with Crippen molar-refractivity contribution in [3.63, 3.8) is 0 Å². The predicted molar refractivity (Wildman–Crippen MR) is 121 cm³/mol. The second-order valence-electron chi connectivity index (χ2n) is 8.49. The van der Waals surface area contributed by atoms with E-state index in [-0.39, 0.29) is 22.0 Å². The van der Waals surface area contributed by atoms with Crippen LogP contribution in [0.5, 0.6) is 5.88 Å². The number of hydrogen-bond acceptors (Lipinski definition) is 7. The summed E-state index contributed by atoms with van der Waals surface area (Å²) in [5, 5.41) is 16.6. The van der Waals surface area contributed by atoms with Crippen LogP contribution in [0.4, 0.5) is 22.0 Å². The second kappa shape index (κ2) is 9.33. The minimum atomic E-state index is -5.79. The van der Waals surface area contributed by atoms with Gasteiger partial charge in [0.15, 0.2) is 16.4 Å². The molecule has 1 aliphatic rings. The Kier molecular flexibility index (Phi) is 6.66. The van der Waals surface area contributed by atoms with Gasteiger partial charge in [-0.15, -0.1) is 10.2 Å². The van der Waals surface area contributed by atoms with E-state index in [1.165, 1.54) is 19.2 Å². The van der Waals surface area contributed by atoms with Crippen LogP contribution in [0, 0.1) is 11.3 Å². The third-order valence-corrected chi connectivity index (χ3v) is 7.74. The van der Waals surface area contributed by atoms with Crippen molar-refractivity contribution in [2.45, 2.75) is 42.2 Å². The Balaban J connectivity index is 1.63. The molecule has 7 nitrogen and oxygen atoms in total. The van der Waals surface area contributed by atoms with Crippen LogP contribution >= 0.6 is 0 Å². The molecular formula is C24H19F5N4O3S. The van der Waals surface area contributed by atoms with Gasteiger partial charge in [0.2, 0.25) is 5.88 Å². The number of nitriles is 1. The van der Waals surface area contributed by atoms with Gasteiger partial charge in [0.1, 0.15) is 11.4 Å². The van der Waals surface area contributed by atoms with Gasteiger partial charge < -0.3 is 4.74 Å². The number of benzene rings is 1. The van der Waals surface area contributed by atoms with E-state index in [4.69, 9.17) is 0 Å². The number of nitrogens with zero attached hydrogens (tertiary/aromatic N) is 4. The Bertz CT molecular complexity index is 1450. The van der Waals surface area contributed by atoms with E-state index in [1.54, 1.807) is 12.1 Å². The molecule has 0 saturated heterocycles. The first-order valence-corrected chi connectivity index (χ1v) is 12.6. The maximum absolute atomic E-state index is 13.1. The summed E-state index contributed by atoms with van der Waals surface area (Å²) in [4.78, 5) is 4.09. The third-order valence-electron chi connectivity index (χ3n) is 6.00. The van der Waals surface area contributed by atoms with E-state index in [0.29, 0.717) is 11.1 Å². The maximum Gasteiger partial charge on any atom is 0.456 e. The molecule has 0 amide bonds. The number of sulfone groups is 1. The second-order valence-corrected chi connectivity index (χ2v) is 10.7. The lowest BCUT2D eigenvalue weighted by Gasteiger charge is -2.19. The molecule has 0 N–H and O–H groups in total. The van der Waals surface area contributed by atoms with E-state index in [0.717, 1.165) is 30.5 Å². The molecule has 13 heteroatoms. The quantitative estimate of drug-likeness (QED) is 0.366. The van der Waals surface area contributed by atoms with Gasteiger partial charge >= 0.3 is 12.1 Å². The number of rotatable bonds is 8. The summed E-state index contributed by atoms with van der Waals surface area (Å²) >= 11 is 0. The van der Waals surface area contributed by atoms with Gasteiger partial charge in [0.25, 0.3) is 0 Å². The highest BCUT2D eigenvalue weighted by atomic mass is 32.2. The summed E-state index contributed by atoms with van der Waals surface area (Å²) in [6, 6.07) is 13.1. The van der Waals surface area contributed by atoms with Crippen molar-refractivity contribution >= 4 is 9.84 Å². The summed E-state index contributed by atoms with van der Waals surface area (Å²) in [5.41, 5.74) is 1.47. The summed E-state index contributed by atoms with van der Waals surface area (Å²) < 4.78 is 93.2. The maximum atomic E-state index is 13.1. The molecule has 2 aromatic heterocycles. The van der Waals surface area contributed by atoms with E-state index < -0.39 is 39.8 Å². The number of halogens is 5. The smallest absolute Gasteiger partial charge is 0.456 e. The highest BCUT2D eigenvalue weighted by Gasteiger charge is 2.58. The van der Waals surface area contributed by atoms with Gasteiger partial charge in [0, 0.05) is 17.8 Å². The van der Waals surface area contributed by atoms with Gasteiger partial charge in [-0.3, -0.25) is 4.98 Å². The molecule has 1 fully saturated rings. The summed E-state index contributed by atoms with van der Waals surface area (Å²) in [6.07, 6.45) is -2.79. The van der Waals surface area contributed by atoms with E-state index in [1.807, 2.05) is 12.1 Å². The lowest BCUT2D eigenvalue weighted by atomic mass is 9.95. The molecule has 194 valence electrons. The number of pyridine rings is 1. The van der Waals surface area contributed by atoms with Crippen LogP contribution in [-0.2, 0) is 15.3 Å². The van der Waals surface area contributed by atoms with E-state index in [2.05, 4.69) is 26.0 Å². The van der Waals surface area contributed by atoms with Gasteiger partial charge in [0.05, 0.1) is 22.1 Å². The van der Waals surface area contributed by atoms with Crippen molar-refractivity contribution in [2.24, 2.45) is 0 Å². The van der Waals surface area contributed by atoms with Gasteiger partial charge in [-0.1, -0.05) is 31.2 Å². The topological polar surface area (TPSA) is 106 Å². The number of hydrogen-bond donors (Lipinski definition) is 0. The molecule has 1 saturated carbocycles. The Morgan fingerprint density at radius 1 is 1.03 bits per heavy atom. The normalized spacial score (nSPS) is 15.2. The number of aromatic nitrogens is 3. The zero-order valence-corrected chi connectivity index (χ0v) is 20.1. The van der Waals surface area contributed by atoms with Crippen LogP contribution < -0.4 is 4.74 Å². The summed E-state index contributed by atoms with van der Waals surface area (Å²) in [6.45, 7) is -0.539. The highest BCUT2D eigenvalue weighted by molar-refractivity contribution is 7.91. The molecule has 37 heavy (non-hydrogen) atoms. The average molecular weight is 538 g/mol. The Labute approximate surface area is 208 Å². The van der Waals surface area contributed by atoms with E-state index >= 15 is 0 Å². The first-order valence-electron chi connectivity index (χ1n) is 11.0. The molecule has 0 unspecified atom stereocenters. The molecule has 0 radical (unpaired) electrons. The summed E-state index contributed by atoms with van der Waals surface area (Å²) in [5.74, 6) is -5.94. The molecule has 0 bridgehead atoms. The molecule has 3 aromatic rings. The Morgan fingerprint density at radius 3 is 2.22 bits per heavy atom. The monoisotopic (exact) mass is 538 g/mol. The molecule has 0 atom stereocenters. The third kappa shape index (κ3) is 5.24. The largest absolute Gasteiger partial charge is 0.470 e. The van der Waals surface area contributed by atoms with Gasteiger partial charge in [-0.05, 0) is 36.1 Å². The minimum absolute atomic E-state index is 0.0476. The fourth-order valence-electron chi connectivity index (χ4n) is 3.53. The zero-order chi connectivity index (χ0) is 27.1. The first kappa shape index (κ1) is 26.4. The van der Waals surface area contributed by atoms with Gasteiger partial charge in [-0.2, -0.15) is 27.2 Å². The fourth-order valence-corrected chi connectivity index (χ4v) is 4.60. The van der Waals surface area contributed by atoms with Crippen LogP contribution in [0.2, 0.25) is 0 Å². The van der Waals surface area contributed by atoms with Crippen molar-refractivity contribution < 1.29 is 35.1 Å². The van der Waals surface area contributed by atoms with Crippen molar-refractivity contribution in [3.05, 3.63) is 54.2 Å². The average Bonchev–Trinajstić information content (AvgIpc) is 3.68. The molecule has 2 heterocycles. The molecule has 4 rings (SSSR count). The first-order chi connectivity index (χ1) is 17.3. The van der Waals surface area contributed by atoms with Crippen molar-refractivity contribution in [3.8, 4) is 34.5 Å². The van der Waals surface area contributed by atoms with Gasteiger partial charge in [-0.25, -0.2) is 8.42 Å². The Hall–Kier alpha value is -3.66. The van der Waals surface area contributed by atoms with Crippen molar-refractivity contribution in [1.82, 2.24) is 15.2 Å². The number of alkyl halides is 5. The van der Waals surface area contributed by atoms with Crippen LogP contribution in [0.3, 0.4) is 0 Å². The molecule has 1 aliphatic carbocycles. The molecule has 0 aliphatic heterocycles. The fraction of sp³-hybridized carbons (Fsp3) is 0.333. The SMILES string of the molecule is CCS(=O)(=O)c1cc(-c2ccc(C3(C#N)CC3)cc2)cnc1-c1ccc(OCC(F)(F)C(F)(F)F)nn1. The van der Waals surface area contributed by atoms with Crippen LogP contribution in [0.1, 0.15) is 25.3 Å². The highest BCUT2D eigenvalue weighted by Crippen LogP contribution is 2.47. The zero-order valence-electron chi connectivity index (χ0n) is 19.3. The summed E-state index contributed by atoms with van der Waals surface area (Å²) in [7, 11) is -3.82. The molecule has 0 spiro atoms. The van der Waals surface area contributed by atoms with Crippen LogP contribution in [0.15, 0.2) is 53.6 Å². The molecule has 1 aromatic carbocycles. The van der Waals surface area contributed by atoms with E-state index in [9.17, 15) is 35.6 Å². The molecular weight excluding hydrogens is 519 g/mol. The minimum Gasteiger partial charge on any atom is -0.470 e. The standard InChI is InChI=1S/C24H19F5N4O3S/c1-2-37(34,35)19-11-16(15-3-5-17(6-4-15)22(13-30)9-10-22)12-31-21(19)18-7-8-20(33-32-18)36-14-23(25,26)24(27,28)29/h3-8,11-12H,2,9-10,14H2,1H3. The lowest BCUT2D eigenvalue weighted by molar-refractivity contribution is -0.290. The van der Waals surface area contributed by atoms with Crippen molar-refractivity contribution in [2.75, 3.05) is 12.4 Å². The lowest BCUT2D eigenvalue weighted by Crippen LogP contribution is -2.41. The van der Waals surface area contributed by atoms with Crippen LogP contribution in [-0.4, -0.2) is 48.1 Å². The predicted octanol–water partition coefficient (Wildman–Crippen LogP) is 5.13. The van der Waals surface area contributed by atoms with Crippen molar-refractivity contribution in [1.29, 1.82) is 5.26 Å².